The molecule has 4 rings (SSSR count). The minimum absolute atomic E-state index is 0.0431. The number of carbonyl (C=O) groups excluding carboxylic acids is 1. The molecule has 0 radical (unpaired) electrons. The zero-order valence-electron chi connectivity index (χ0n) is 17.2. The van der Waals surface area contributed by atoms with Gasteiger partial charge in [-0.1, -0.05) is 41.9 Å². The van der Waals surface area contributed by atoms with Crippen LogP contribution < -0.4 is 10.3 Å². The highest BCUT2D eigenvalue weighted by atomic mass is 35.5. The zero-order chi connectivity index (χ0) is 22.3. The highest BCUT2D eigenvalue weighted by Gasteiger charge is 2.24. The van der Waals surface area contributed by atoms with Crippen LogP contribution in [0.3, 0.4) is 0 Å². The van der Waals surface area contributed by atoms with Crippen molar-refractivity contribution in [1.82, 2.24) is 20.3 Å². The molecule has 2 aromatic carbocycles. The number of carbonyl (C=O) groups is 1. The van der Waals surface area contributed by atoms with Gasteiger partial charge in [-0.2, -0.15) is 5.26 Å². The normalized spacial score (nSPS) is 13.9. The van der Waals surface area contributed by atoms with Crippen molar-refractivity contribution in [2.75, 3.05) is 37.9 Å². The fourth-order valence-electron chi connectivity index (χ4n) is 3.39. The quantitative estimate of drug-likeness (QED) is 0.577. The van der Waals surface area contributed by atoms with Crippen LogP contribution in [-0.4, -0.2) is 53.7 Å². The topological polar surface area (TPSA) is 94.4 Å². The molecule has 1 fully saturated rings. The van der Waals surface area contributed by atoms with E-state index < -0.39 is 0 Å². The molecule has 1 aliphatic rings. The molecule has 1 amide bonds. The lowest BCUT2D eigenvalue weighted by atomic mass is 10.1. The summed E-state index contributed by atoms with van der Waals surface area (Å²) in [5.41, 5.74) is 2.71. The van der Waals surface area contributed by atoms with E-state index in [-0.39, 0.29) is 12.5 Å². The largest absolute Gasteiger partial charge is 0.379 e. The summed E-state index contributed by atoms with van der Waals surface area (Å²) in [5, 5.41) is 15.7. The van der Waals surface area contributed by atoms with E-state index in [2.05, 4.69) is 15.3 Å². The average molecular weight is 449 g/mol. The summed E-state index contributed by atoms with van der Waals surface area (Å²) < 4.78 is 5.51. The molecule has 0 spiro atoms. The molecule has 9 heteroatoms. The fourth-order valence-corrected chi connectivity index (χ4v) is 3.59. The van der Waals surface area contributed by atoms with Gasteiger partial charge in [-0.15, -0.1) is 0 Å². The number of rotatable bonds is 6. The number of aromatic nitrogens is 2. The number of para-hydroxylation sites is 1. The molecule has 1 aromatic heterocycles. The number of morpholine rings is 1. The summed E-state index contributed by atoms with van der Waals surface area (Å²) in [6, 6.07) is 18.7. The van der Waals surface area contributed by atoms with E-state index in [1.807, 2.05) is 41.4 Å². The molecular weight excluding hydrogens is 428 g/mol. The maximum atomic E-state index is 12.1. The Morgan fingerprint density at radius 3 is 2.56 bits per heavy atom. The first-order valence-electron chi connectivity index (χ1n) is 10.1. The third-order valence-electron chi connectivity index (χ3n) is 4.94. The van der Waals surface area contributed by atoms with Crippen molar-refractivity contribution in [2.45, 2.75) is 0 Å². The van der Waals surface area contributed by atoms with Crippen molar-refractivity contribution in [3.05, 3.63) is 71.4 Å². The second-order valence-electron chi connectivity index (χ2n) is 7.00. The minimum Gasteiger partial charge on any atom is -0.379 e. The van der Waals surface area contributed by atoms with Gasteiger partial charge in [0.15, 0.2) is 0 Å². The number of hydrogen-bond acceptors (Lipinski definition) is 7. The number of amides is 1. The Morgan fingerprint density at radius 1 is 1.16 bits per heavy atom. The van der Waals surface area contributed by atoms with Gasteiger partial charge in [-0.3, -0.25) is 4.79 Å². The Labute approximate surface area is 191 Å². The van der Waals surface area contributed by atoms with E-state index in [0.717, 1.165) is 11.3 Å². The first kappa shape index (κ1) is 21.7. The third-order valence-corrected chi connectivity index (χ3v) is 5.22. The molecule has 0 saturated carbocycles. The van der Waals surface area contributed by atoms with E-state index >= 15 is 0 Å². The van der Waals surface area contributed by atoms with Crippen molar-refractivity contribution in [2.24, 2.45) is 0 Å². The van der Waals surface area contributed by atoms with Gasteiger partial charge in [0.1, 0.15) is 6.54 Å². The highest BCUT2D eigenvalue weighted by Crippen LogP contribution is 2.31. The molecule has 1 saturated heterocycles. The maximum Gasteiger partial charge on any atom is 0.252 e. The summed E-state index contributed by atoms with van der Waals surface area (Å²) in [5.74, 6) is 0.184. The van der Waals surface area contributed by atoms with Crippen molar-refractivity contribution < 1.29 is 9.53 Å². The molecule has 0 unspecified atom stereocenters. The Balaban J connectivity index is 1.68. The lowest BCUT2D eigenvalue weighted by Crippen LogP contribution is -2.47. The van der Waals surface area contributed by atoms with Crippen LogP contribution in [-0.2, 0) is 4.74 Å². The van der Waals surface area contributed by atoms with E-state index in [9.17, 15) is 4.79 Å². The van der Waals surface area contributed by atoms with Crippen LogP contribution in [0.15, 0.2) is 60.8 Å². The molecule has 32 heavy (non-hydrogen) atoms. The predicted molar refractivity (Wildman–Crippen MR) is 121 cm³/mol. The Kier molecular flexibility index (Phi) is 6.92. The van der Waals surface area contributed by atoms with Crippen LogP contribution in [0.2, 0.25) is 5.02 Å². The van der Waals surface area contributed by atoms with Crippen molar-refractivity contribution >= 4 is 29.1 Å². The minimum atomic E-state index is -0.310. The molecule has 162 valence electrons. The standard InChI is InChI=1S/C23H21ClN6O2/c24-20-16-27-23(30(19-4-2-1-3-5-19)29-12-14-32-15-13-29)28-21(20)17-6-8-18(9-7-17)22(31)26-11-10-25/h1-9,16H,11-15H2,(H,26,31). The van der Waals surface area contributed by atoms with E-state index in [1.54, 1.807) is 30.5 Å². The van der Waals surface area contributed by atoms with Crippen LogP contribution in [0.5, 0.6) is 0 Å². The number of nitrogens with zero attached hydrogens (tertiary/aromatic N) is 5. The molecule has 8 nitrogen and oxygen atoms in total. The number of benzene rings is 2. The summed E-state index contributed by atoms with van der Waals surface area (Å²) in [6.45, 7) is 2.63. The maximum absolute atomic E-state index is 12.1. The van der Waals surface area contributed by atoms with E-state index in [0.29, 0.717) is 48.5 Å². The van der Waals surface area contributed by atoms with E-state index in [4.69, 9.17) is 26.6 Å². The zero-order valence-corrected chi connectivity index (χ0v) is 18.0. The number of nitrogens with one attached hydrogen (secondary N) is 1. The van der Waals surface area contributed by atoms with Crippen molar-refractivity contribution in [1.29, 1.82) is 5.26 Å². The SMILES string of the molecule is N#CCNC(=O)c1ccc(-c2nc(N(c3ccccc3)N3CCOCC3)ncc2Cl)cc1. The number of ether oxygens (including phenoxy) is 1. The average Bonchev–Trinajstić information content (AvgIpc) is 2.85. The monoisotopic (exact) mass is 448 g/mol. The number of nitriles is 1. The molecule has 1 N–H and O–H groups in total. The number of hydrogen-bond donors (Lipinski definition) is 1. The molecule has 3 aromatic rings. The lowest BCUT2D eigenvalue weighted by Gasteiger charge is -2.37. The summed E-state index contributed by atoms with van der Waals surface area (Å²) in [6.07, 6.45) is 1.59. The van der Waals surface area contributed by atoms with Crippen molar-refractivity contribution in [3.63, 3.8) is 0 Å². The second kappa shape index (κ2) is 10.2. The van der Waals surface area contributed by atoms with Gasteiger partial charge in [0.2, 0.25) is 5.95 Å². The van der Waals surface area contributed by atoms with Crippen LogP contribution in [0.25, 0.3) is 11.3 Å². The number of halogens is 1. The molecule has 0 aliphatic carbocycles. The summed E-state index contributed by atoms with van der Waals surface area (Å²) in [7, 11) is 0. The van der Waals surface area contributed by atoms with Gasteiger partial charge >= 0.3 is 0 Å². The van der Waals surface area contributed by atoms with Crippen LogP contribution in [0.4, 0.5) is 11.6 Å². The Morgan fingerprint density at radius 2 is 1.88 bits per heavy atom. The predicted octanol–water partition coefficient (Wildman–Crippen LogP) is 3.44. The third kappa shape index (κ3) is 4.86. The number of hydrazine groups is 1. The van der Waals surface area contributed by atoms with Gasteiger partial charge < -0.3 is 10.1 Å². The second-order valence-corrected chi connectivity index (χ2v) is 7.41. The molecule has 0 bridgehead atoms. The number of anilines is 2. The van der Waals surface area contributed by atoms with Crippen molar-refractivity contribution in [3.8, 4) is 17.3 Å². The van der Waals surface area contributed by atoms with Gasteiger partial charge in [0.05, 0.1) is 41.9 Å². The summed E-state index contributed by atoms with van der Waals surface area (Å²) >= 11 is 6.45. The van der Waals surface area contributed by atoms with E-state index in [1.165, 1.54) is 0 Å². The van der Waals surface area contributed by atoms with Crippen LogP contribution in [0, 0.1) is 11.3 Å². The first-order chi connectivity index (χ1) is 15.7. The van der Waals surface area contributed by atoms with Gasteiger partial charge in [0.25, 0.3) is 5.91 Å². The molecule has 0 atom stereocenters. The molecular formula is C23H21ClN6O2. The van der Waals surface area contributed by atoms with Gasteiger partial charge in [-0.25, -0.2) is 20.0 Å². The molecule has 1 aliphatic heterocycles. The molecule has 2 heterocycles. The highest BCUT2D eigenvalue weighted by molar-refractivity contribution is 6.32. The lowest BCUT2D eigenvalue weighted by molar-refractivity contribution is 0.0371. The van der Waals surface area contributed by atoms with Crippen LogP contribution in [0.1, 0.15) is 10.4 Å². The van der Waals surface area contributed by atoms with Crippen LogP contribution >= 0.6 is 11.6 Å². The Bertz CT molecular complexity index is 1110. The Hall–Kier alpha value is -3.51. The van der Waals surface area contributed by atoms with Gasteiger partial charge in [0, 0.05) is 24.2 Å². The first-order valence-corrected chi connectivity index (χ1v) is 10.5. The fraction of sp³-hybridized carbons (Fsp3) is 0.217. The summed E-state index contributed by atoms with van der Waals surface area (Å²) in [4.78, 5) is 21.3. The smallest absolute Gasteiger partial charge is 0.252 e. The van der Waals surface area contributed by atoms with Gasteiger partial charge in [-0.05, 0) is 24.3 Å².